The molecule has 144 valence electrons. The van der Waals surface area contributed by atoms with Crippen molar-refractivity contribution in [1.29, 1.82) is 0 Å². The first kappa shape index (κ1) is 19.4. The van der Waals surface area contributed by atoms with E-state index in [1.807, 2.05) is 25.1 Å². The molecule has 0 atom stereocenters. The largest absolute Gasteiger partial charge is 0.495 e. The number of pyridine rings is 1. The number of hydrogen-bond acceptors (Lipinski definition) is 4. The highest BCUT2D eigenvalue weighted by Gasteiger charge is 2.11. The third kappa shape index (κ3) is 4.85. The predicted molar refractivity (Wildman–Crippen MR) is 109 cm³/mol. The molecule has 0 aliphatic carbocycles. The fourth-order valence-corrected chi connectivity index (χ4v) is 2.78. The molecule has 1 heterocycles. The Morgan fingerprint density at radius 3 is 2.68 bits per heavy atom. The Labute approximate surface area is 163 Å². The predicted octanol–water partition coefficient (Wildman–Crippen LogP) is 4.44. The highest BCUT2D eigenvalue weighted by Crippen LogP contribution is 2.25. The van der Waals surface area contributed by atoms with Crippen molar-refractivity contribution in [3.05, 3.63) is 83.4 Å². The Kier molecular flexibility index (Phi) is 6.22. The zero-order valence-electron chi connectivity index (χ0n) is 15.8. The first-order valence-electron chi connectivity index (χ1n) is 8.96. The van der Waals surface area contributed by atoms with Gasteiger partial charge in [0.1, 0.15) is 17.3 Å². The second kappa shape index (κ2) is 8.99. The summed E-state index contributed by atoms with van der Waals surface area (Å²) in [5.74, 6) is 0.0632. The van der Waals surface area contributed by atoms with Gasteiger partial charge >= 0.3 is 0 Å². The number of aryl methyl sites for hydroxylation is 1. The van der Waals surface area contributed by atoms with Crippen LogP contribution in [0.2, 0.25) is 0 Å². The van der Waals surface area contributed by atoms with Gasteiger partial charge < -0.3 is 15.4 Å². The van der Waals surface area contributed by atoms with Crippen LogP contribution in [0.4, 0.5) is 15.8 Å². The zero-order valence-corrected chi connectivity index (χ0v) is 15.8. The number of rotatable bonds is 7. The van der Waals surface area contributed by atoms with Gasteiger partial charge in [0.15, 0.2) is 0 Å². The number of carbonyl (C=O) groups is 1. The fourth-order valence-electron chi connectivity index (χ4n) is 2.78. The number of carbonyl (C=O) groups excluding carboxylic acids is 1. The summed E-state index contributed by atoms with van der Waals surface area (Å²) >= 11 is 0. The number of nitrogens with zero attached hydrogens (tertiary/aromatic N) is 1. The Morgan fingerprint density at radius 1 is 1.14 bits per heavy atom. The zero-order chi connectivity index (χ0) is 19.9. The van der Waals surface area contributed by atoms with E-state index in [-0.39, 0.29) is 11.7 Å². The molecule has 5 nitrogen and oxygen atoms in total. The van der Waals surface area contributed by atoms with Crippen LogP contribution in [-0.2, 0) is 6.42 Å². The van der Waals surface area contributed by atoms with Crippen molar-refractivity contribution < 1.29 is 13.9 Å². The van der Waals surface area contributed by atoms with Crippen molar-refractivity contribution >= 4 is 17.3 Å². The minimum absolute atomic E-state index is 0.207. The smallest absolute Gasteiger partial charge is 0.274 e. The summed E-state index contributed by atoms with van der Waals surface area (Å²) in [5.41, 5.74) is 3.33. The van der Waals surface area contributed by atoms with Crippen molar-refractivity contribution in [2.24, 2.45) is 0 Å². The van der Waals surface area contributed by atoms with Crippen LogP contribution in [0, 0.1) is 12.7 Å². The van der Waals surface area contributed by atoms with Crippen molar-refractivity contribution in [2.75, 3.05) is 24.3 Å². The van der Waals surface area contributed by atoms with E-state index in [0.29, 0.717) is 35.7 Å². The molecule has 0 aliphatic rings. The molecule has 1 amide bonds. The maximum atomic E-state index is 13.6. The first-order chi connectivity index (χ1) is 13.6. The number of aromatic nitrogens is 1. The third-order valence-electron chi connectivity index (χ3n) is 4.28. The van der Waals surface area contributed by atoms with Crippen LogP contribution in [-0.4, -0.2) is 24.5 Å². The lowest BCUT2D eigenvalue weighted by Gasteiger charge is -2.11. The van der Waals surface area contributed by atoms with Gasteiger partial charge in [-0.1, -0.05) is 24.3 Å². The van der Waals surface area contributed by atoms with Crippen molar-refractivity contribution in [2.45, 2.75) is 13.3 Å². The number of benzene rings is 2. The van der Waals surface area contributed by atoms with Crippen LogP contribution in [0.3, 0.4) is 0 Å². The van der Waals surface area contributed by atoms with Crippen LogP contribution < -0.4 is 15.4 Å². The summed E-state index contributed by atoms with van der Waals surface area (Å²) < 4.78 is 18.9. The molecule has 0 unspecified atom stereocenters. The second-order valence-corrected chi connectivity index (χ2v) is 6.36. The van der Waals surface area contributed by atoms with E-state index >= 15 is 0 Å². The van der Waals surface area contributed by atoms with Crippen LogP contribution in [0.1, 0.15) is 21.6 Å². The van der Waals surface area contributed by atoms with E-state index in [1.54, 1.807) is 43.6 Å². The molecule has 0 radical (unpaired) electrons. The summed E-state index contributed by atoms with van der Waals surface area (Å²) in [6, 6.07) is 15.7. The van der Waals surface area contributed by atoms with Gasteiger partial charge in [0.05, 0.1) is 24.7 Å². The van der Waals surface area contributed by atoms with Gasteiger partial charge in [0, 0.05) is 6.54 Å². The summed E-state index contributed by atoms with van der Waals surface area (Å²) in [6.45, 7) is 2.50. The van der Waals surface area contributed by atoms with Crippen LogP contribution in [0.15, 0.2) is 60.8 Å². The molecule has 28 heavy (non-hydrogen) atoms. The second-order valence-electron chi connectivity index (χ2n) is 6.36. The van der Waals surface area contributed by atoms with E-state index in [4.69, 9.17) is 4.74 Å². The number of nitrogens with one attached hydrogen (secondary N) is 2. The number of ether oxygens (including phenoxy) is 1. The summed E-state index contributed by atoms with van der Waals surface area (Å²) in [5, 5.41) is 6.00. The molecule has 3 rings (SSSR count). The molecule has 0 fully saturated rings. The fraction of sp³-hybridized carbons (Fsp3) is 0.182. The molecule has 1 aromatic heterocycles. The van der Waals surface area contributed by atoms with Gasteiger partial charge in [-0.2, -0.15) is 0 Å². The molecule has 0 bridgehead atoms. The lowest BCUT2D eigenvalue weighted by Crippen LogP contribution is -2.14. The standard InChI is InChI=1S/C22H22FN3O2/c1-15-7-10-21(28-2)20(13-15)26-22(27)19-9-8-17(14-25-19)24-12-11-16-5-3-4-6-18(16)23/h3-10,13-14,24H,11-12H2,1-2H3,(H,26,27). The average Bonchev–Trinajstić information content (AvgIpc) is 2.70. The van der Waals surface area contributed by atoms with Crippen molar-refractivity contribution in [3.8, 4) is 5.75 Å². The molecule has 0 spiro atoms. The summed E-state index contributed by atoms with van der Waals surface area (Å²) in [7, 11) is 1.56. The minimum Gasteiger partial charge on any atom is -0.495 e. The lowest BCUT2D eigenvalue weighted by molar-refractivity contribution is 0.102. The van der Waals surface area contributed by atoms with Crippen molar-refractivity contribution in [3.63, 3.8) is 0 Å². The van der Waals surface area contributed by atoms with Gasteiger partial charge in [0.25, 0.3) is 5.91 Å². The van der Waals surface area contributed by atoms with E-state index < -0.39 is 0 Å². The topological polar surface area (TPSA) is 63.2 Å². The Morgan fingerprint density at radius 2 is 1.96 bits per heavy atom. The Bertz CT molecular complexity index is 958. The lowest BCUT2D eigenvalue weighted by atomic mass is 10.1. The molecule has 0 aliphatic heterocycles. The molecule has 0 saturated heterocycles. The minimum atomic E-state index is -0.318. The van der Waals surface area contributed by atoms with Crippen LogP contribution in [0.25, 0.3) is 0 Å². The third-order valence-corrected chi connectivity index (χ3v) is 4.28. The van der Waals surface area contributed by atoms with Gasteiger partial charge in [-0.25, -0.2) is 9.37 Å². The maximum Gasteiger partial charge on any atom is 0.274 e. The summed E-state index contributed by atoms with van der Waals surface area (Å²) in [6.07, 6.45) is 2.14. The number of amides is 1. The maximum absolute atomic E-state index is 13.6. The number of anilines is 2. The van der Waals surface area contributed by atoms with E-state index in [0.717, 1.165) is 11.3 Å². The monoisotopic (exact) mass is 379 g/mol. The molecule has 2 N–H and O–H groups in total. The molecule has 6 heteroatoms. The molecular formula is C22H22FN3O2. The van der Waals surface area contributed by atoms with Crippen molar-refractivity contribution in [1.82, 2.24) is 4.98 Å². The van der Waals surface area contributed by atoms with Gasteiger partial charge in [-0.3, -0.25) is 4.79 Å². The van der Waals surface area contributed by atoms with Gasteiger partial charge in [-0.05, 0) is 54.8 Å². The molecular weight excluding hydrogens is 357 g/mol. The number of halogens is 1. The van der Waals surface area contributed by atoms with Gasteiger partial charge in [-0.15, -0.1) is 0 Å². The van der Waals surface area contributed by atoms with E-state index in [9.17, 15) is 9.18 Å². The quantitative estimate of drug-likeness (QED) is 0.637. The van der Waals surface area contributed by atoms with Crippen LogP contribution >= 0.6 is 0 Å². The Balaban J connectivity index is 1.58. The van der Waals surface area contributed by atoms with Crippen LogP contribution in [0.5, 0.6) is 5.75 Å². The highest BCUT2D eigenvalue weighted by molar-refractivity contribution is 6.03. The number of methoxy groups -OCH3 is 1. The SMILES string of the molecule is COc1ccc(C)cc1NC(=O)c1ccc(NCCc2ccccc2F)cn1. The first-order valence-corrected chi connectivity index (χ1v) is 8.96. The normalized spacial score (nSPS) is 10.4. The molecule has 3 aromatic rings. The van der Waals surface area contributed by atoms with E-state index in [1.165, 1.54) is 6.07 Å². The summed E-state index contributed by atoms with van der Waals surface area (Å²) in [4.78, 5) is 16.7. The average molecular weight is 379 g/mol. The Hall–Kier alpha value is -3.41. The highest BCUT2D eigenvalue weighted by atomic mass is 19.1. The molecule has 0 saturated carbocycles. The van der Waals surface area contributed by atoms with Gasteiger partial charge in [0.2, 0.25) is 0 Å². The molecule has 2 aromatic carbocycles. The van der Waals surface area contributed by atoms with E-state index in [2.05, 4.69) is 15.6 Å². The number of hydrogen-bond donors (Lipinski definition) is 2.